The van der Waals surface area contributed by atoms with E-state index in [1.54, 1.807) is 23.5 Å². The molecule has 0 N–H and O–H groups in total. The Bertz CT molecular complexity index is 1180. The Morgan fingerprint density at radius 3 is 2.62 bits per heavy atom. The zero-order chi connectivity index (χ0) is 22.7. The van der Waals surface area contributed by atoms with E-state index in [9.17, 15) is 13.2 Å². The molecule has 0 saturated carbocycles. The van der Waals surface area contributed by atoms with Crippen molar-refractivity contribution in [3.8, 4) is 0 Å². The predicted octanol–water partition coefficient (Wildman–Crippen LogP) is 4.56. The number of rotatable bonds is 9. The van der Waals surface area contributed by atoms with E-state index in [1.807, 2.05) is 19.9 Å². The molecule has 0 unspecified atom stereocenters. The zero-order valence-electron chi connectivity index (χ0n) is 18.3. The molecule has 3 aromatic rings. The molecule has 0 radical (unpaired) electrons. The maximum Gasteiger partial charge on any atom is 0.244 e. The van der Waals surface area contributed by atoms with Crippen molar-refractivity contribution >= 4 is 38.9 Å². The Morgan fingerprint density at radius 1 is 1.19 bits per heavy atom. The number of carbonyl (C=O) groups is 1. The molecule has 9 heteroatoms. The third kappa shape index (κ3) is 5.01. The SMILES string of the molecule is Cc1cc(C(=O)CSc2ccc(S(=O)(=O)N3CCCC3)cn2)c(C)n1CCc1cccs1. The molecule has 1 aliphatic rings. The van der Waals surface area contributed by atoms with Crippen LogP contribution in [0.4, 0.5) is 0 Å². The summed E-state index contributed by atoms with van der Waals surface area (Å²) in [5.74, 6) is 0.321. The van der Waals surface area contributed by atoms with Crippen molar-refractivity contribution < 1.29 is 13.2 Å². The molecule has 1 fully saturated rings. The summed E-state index contributed by atoms with van der Waals surface area (Å²) in [4.78, 5) is 18.7. The minimum absolute atomic E-state index is 0.0565. The second-order valence-corrected chi connectivity index (χ2v) is 11.9. The maximum absolute atomic E-state index is 12.9. The van der Waals surface area contributed by atoms with Gasteiger partial charge in [-0.25, -0.2) is 13.4 Å². The van der Waals surface area contributed by atoms with Gasteiger partial charge in [0.15, 0.2) is 5.78 Å². The predicted molar refractivity (Wildman–Crippen MR) is 129 cm³/mol. The zero-order valence-corrected chi connectivity index (χ0v) is 20.7. The van der Waals surface area contributed by atoms with Gasteiger partial charge in [-0.05, 0) is 62.8 Å². The van der Waals surface area contributed by atoms with Gasteiger partial charge in [0, 0.05) is 47.7 Å². The van der Waals surface area contributed by atoms with E-state index in [2.05, 4.69) is 27.1 Å². The van der Waals surface area contributed by atoms with Crippen molar-refractivity contribution in [2.45, 2.75) is 49.6 Å². The Balaban J connectivity index is 1.38. The minimum atomic E-state index is -3.47. The van der Waals surface area contributed by atoms with Crippen molar-refractivity contribution in [1.29, 1.82) is 0 Å². The fourth-order valence-electron chi connectivity index (χ4n) is 4.00. The van der Waals surface area contributed by atoms with Gasteiger partial charge in [0.1, 0.15) is 4.90 Å². The summed E-state index contributed by atoms with van der Waals surface area (Å²) in [6.45, 7) is 6.02. The van der Waals surface area contributed by atoms with Crippen LogP contribution < -0.4 is 0 Å². The summed E-state index contributed by atoms with van der Waals surface area (Å²) in [5, 5.41) is 2.73. The molecule has 6 nitrogen and oxygen atoms in total. The molecule has 3 aromatic heterocycles. The molecule has 0 spiro atoms. The monoisotopic (exact) mass is 489 g/mol. The number of nitrogens with zero attached hydrogens (tertiary/aromatic N) is 3. The molecule has 32 heavy (non-hydrogen) atoms. The smallest absolute Gasteiger partial charge is 0.244 e. The number of carbonyl (C=O) groups excluding carboxylic acids is 1. The van der Waals surface area contributed by atoms with E-state index >= 15 is 0 Å². The summed E-state index contributed by atoms with van der Waals surface area (Å²) in [5.41, 5.74) is 2.82. The number of pyridine rings is 1. The number of thiophene rings is 1. The Morgan fingerprint density at radius 2 is 1.97 bits per heavy atom. The molecule has 0 bridgehead atoms. The van der Waals surface area contributed by atoms with E-state index < -0.39 is 10.0 Å². The number of thioether (sulfide) groups is 1. The molecular weight excluding hydrogens is 462 g/mol. The third-order valence-corrected chi connectivity index (χ3v) is 9.56. The van der Waals surface area contributed by atoms with Crippen LogP contribution in [0.15, 0.2) is 51.8 Å². The highest BCUT2D eigenvalue weighted by Gasteiger charge is 2.27. The molecule has 4 heterocycles. The third-order valence-electron chi connectivity index (χ3n) is 5.80. The maximum atomic E-state index is 12.9. The minimum Gasteiger partial charge on any atom is -0.348 e. The van der Waals surface area contributed by atoms with Crippen LogP contribution in [0.5, 0.6) is 0 Å². The van der Waals surface area contributed by atoms with Crippen LogP contribution in [-0.2, 0) is 23.0 Å². The van der Waals surface area contributed by atoms with Gasteiger partial charge in [-0.1, -0.05) is 17.8 Å². The lowest BCUT2D eigenvalue weighted by atomic mass is 10.2. The van der Waals surface area contributed by atoms with E-state index in [0.29, 0.717) is 18.1 Å². The average molecular weight is 490 g/mol. The van der Waals surface area contributed by atoms with Crippen LogP contribution >= 0.6 is 23.1 Å². The summed E-state index contributed by atoms with van der Waals surface area (Å²) in [6, 6.07) is 9.43. The quantitative estimate of drug-likeness (QED) is 0.325. The van der Waals surface area contributed by atoms with Crippen LogP contribution in [0.1, 0.15) is 39.5 Å². The van der Waals surface area contributed by atoms with E-state index in [1.165, 1.54) is 27.1 Å². The second-order valence-electron chi connectivity index (χ2n) is 7.92. The first-order chi connectivity index (χ1) is 15.4. The van der Waals surface area contributed by atoms with Gasteiger partial charge in [0.25, 0.3) is 0 Å². The number of sulfonamides is 1. The Hall–Kier alpha value is -1.94. The Kier molecular flexibility index (Phi) is 7.19. The van der Waals surface area contributed by atoms with E-state index in [0.717, 1.165) is 42.8 Å². The van der Waals surface area contributed by atoms with Crippen molar-refractivity contribution in [2.75, 3.05) is 18.8 Å². The van der Waals surface area contributed by atoms with E-state index in [4.69, 9.17) is 0 Å². The highest BCUT2D eigenvalue weighted by Crippen LogP contribution is 2.24. The first-order valence-corrected chi connectivity index (χ1v) is 14.0. The average Bonchev–Trinajstić information content (AvgIpc) is 3.54. The normalized spacial score (nSPS) is 14.8. The van der Waals surface area contributed by atoms with Crippen molar-refractivity contribution in [3.05, 3.63) is 63.7 Å². The highest BCUT2D eigenvalue weighted by atomic mass is 32.2. The van der Waals surface area contributed by atoms with Gasteiger partial charge in [0.2, 0.25) is 10.0 Å². The number of hydrogen-bond donors (Lipinski definition) is 0. The van der Waals surface area contributed by atoms with Crippen LogP contribution in [0.2, 0.25) is 0 Å². The lowest BCUT2D eigenvalue weighted by Crippen LogP contribution is -2.27. The number of Topliss-reactive ketones (excluding diaryl/α,β-unsaturated/α-hetero) is 1. The fraction of sp³-hybridized carbons (Fsp3) is 0.391. The summed E-state index contributed by atoms with van der Waals surface area (Å²) in [7, 11) is -3.47. The molecular formula is C23H27N3O3S3. The molecule has 0 amide bonds. The number of hydrogen-bond acceptors (Lipinski definition) is 6. The number of ketones is 1. The second kappa shape index (κ2) is 9.91. The van der Waals surface area contributed by atoms with Crippen molar-refractivity contribution in [2.24, 2.45) is 0 Å². The molecule has 0 aromatic carbocycles. The molecule has 0 atom stereocenters. The summed E-state index contributed by atoms with van der Waals surface area (Å²) >= 11 is 3.08. The standard InChI is InChI=1S/C23H27N3O3S3/c1-17-14-21(18(2)26(17)12-9-19-6-5-13-30-19)22(27)16-31-23-8-7-20(15-24-23)32(28,29)25-10-3-4-11-25/h5-8,13-15H,3-4,9-12,16H2,1-2H3. The molecule has 4 rings (SSSR count). The summed E-state index contributed by atoms with van der Waals surface area (Å²) in [6.07, 6.45) is 4.15. The van der Waals surface area contributed by atoms with Gasteiger partial charge < -0.3 is 4.57 Å². The first kappa shape index (κ1) is 23.2. The van der Waals surface area contributed by atoms with Crippen molar-refractivity contribution in [3.63, 3.8) is 0 Å². The lowest BCUT2D eigenvalue weighted by molar-refractivity contribution is 0.102. The molecule has 0 aliphatic carbocycles. The Labute approximate surface area is 197 Å². The van der Waals surface area contributed by atoms with Crippen LogP contribution in [0, 0.1) is 13.8 Å². The first-order valence-electron chi connectivity index (χ1n) is 10.7. The molecule has 1 aliphatic heterocycles. The van der Waals surface area contributed by atoms with Gasteiger partial charge >= 0.3 is 0 Å². The van der Waals surface area contributed by atoms with Gasteiger partial charge in [-0.3, -0.25) is 4.79 Å². The van der Waals surface area contributed by atoms with E-state index in [-0.39, 0.29) is 16.4 Å². The van der Waals surface area contributed by atoms with Gasteiger partial charge in [-0.2, -0.15) is 4.31 Å². The number of aryl methyl sites for hydroxylation is 2. The van der Waals surface area contributed by atoms with Gasteiger partial charge in [0.05, 0.1) is 10.8 Å². The molecule has 170 valence electrons. The topological polar surface area (TPSA) is 72.3 Å². The molecule has 1 saturated heterocycles. The summed E-state index contributed by atoms with van der Waals surface area (Å²) < 4.78 is 29.0. The largest absolute Gasteiger partial charge is 0.348 e. The highest BCUT2D eigenvalue weighted by molar-refractivity contribution is 7.99. The van der Waals surface area contributed by atoms with Gasteiger partial charge in [-0.15, -0.1) is 11.3 Å². The van der Waals surface area contributed by atoms with Crippen LogP contribution in [0.25, 0.3) is 0 Å². The number of aromatic nitrogens is 2. The van der Waals surface area contributed by atoms with Crippen LogP contribution in [-0.4, -0.2) is 46.9 Å². The van der Waals surface area contributed by atoms with Crippen molar-refractivity contribution in [1.82, 2.24) is 13.9 Å². The fourth-order valence-corrected chi connectivity index (χ4v) is 6.89. The van der Waals surface area contributed by atoms with Crippen LogP contribution in [0.3, 0.4) is 0 Å². The lowest BCUT2D eigenvalue weighted by Gasteiger charge is -2.15.